The highest BCUT2D eigenvalue weighted by Crippen LogP contribution is 2.36. The van der Waals surface area contributed by atoms with E-state index in [2.05, 4.69) is 9.64 Å². The molecule has 0 radical (unpaired) electrons. The zero-order chi connectivity index (χ0) is 18.4. The quantitative estimate of drug-likeness (QED) is 0.412. The fraction of sp³-hybridized carbons (Fsp3) is 0.647. The second-order valence-electron chi connectivity index (χ2n) is 6.33. The van der Waals surface area contributed by atoms with Gasteiger partial charge in [0.1, 0.15) is 0 Å². The Morgan fingerprint density at radius 3 is 2.40 bits per heavy atom. The first-order chi connectivity index (χ1) is 11.9. The summed E-state index contributed by atoms with van der Waals surface area (Å²) in [5.41, 5.74) is 0.187. The van der Waals surface area contributed by atoms with Gasteiger partial charge in [-0.25, -0.2) is 0 Å². The molecule has 6 nitrogen and oxygen atoms in total. The molecule has 0 bridgehead atoms. The molecule has 0 unspecified atom stereocenters. The highest BCUT2D eigenvalue weighted by Gasteiger charge is 2.24. The third kappa shape index (κ3) is 5.26. The van der Waals surface area contributed by atoms with Gasteiger partial charge >= 0.3 is 6.61 Å². The summed E-state index contributed by atoms with van der Waals surface area (Å²) in [6.45, 7) is -2.72. The van der Waals surface area contributed by atoms with Crippen molar-refractivity contribution >= 4 is 5.69 Å². The molecule has 2 rings (SSSR count). The van der Waals surface area contributed by atoms with Crippen molar-refractivity contribution in [2.24, 2.45) is 0 Å². The normalized spacial score (nSPS) is 16.1. The smallest absolute Gasteiger partial charge is 0.387 e. The molecule has 0 aromatic heterocycles. The molecule has 1 saturated carbocycles. The number of ether oxygens (including phenoxy) is 2. The van der Waals surface area contributed by atoms with Gasteiger partial charge in [0, 0.05) is 18.2 Å². The number of methoxy groups -OCH3 is 1. The van der Waals surface area contributed by atoms with Crippen LogP contribution in [0, 0.1) is 10.1 Å². The van der Waals surface area contributed by atoms with E-state index < -0.39 is 11.5 Å². The summed E-state index contributed by atoms with van der Waals surface area (Å²) < 4.78 is 34.4. The Labute approximate surface area is 145 Å². The molecule has 0 aliphatic heterocycles. The summed E-state index contributed by atoms with van der Waals surface area (Å²) in [5, 5.41) is 11.4. The lowest BCUT2D eigenvalue weighted by atomic mass is 10.1. The van der Waals surface area contributed by atoms with Gasteiger partial charge in [-0.3, -0.25) is 15.0 Å². The van der Waals surface area contributed by atoms with Crippen molar-refractivity contribution in [2.45, 2.75) is 57.7 Å². The van der Waals surface area contributed by atoms with Crippen molar-refractivity contribution in [3.8, 4) is 11.5 Å². The van der Waals surface area contributed by atoms with Crippen molar-refractivity contribution in [3.05, 3.63) is 27.8 Å². The third-order valence-electron chi connectivity index (χ3n) is 4.65. The van der Waals surface area contributed by atoms with Crippen molar-refractivity contribution in [1.29, 1.82) is 0 Å². The van der Waals surface area contributed by atoms with E-state index in [0.29, 0.717) is 18.2 Å². The fourth-order valence-electron chi connectivity index (χ4n) is 3.33. The van der Waals surface area contributed by atoms with Crippen molar-refractivity contribution in [3.63, 3.8) is 0 Å². The highest BCUT2D eigenvalue weighted by molar-refractivity contribution is 5.54. The lowest BCUT2D eigenvalue weighted by Gasteiger charge is -2.27. The topological polar surface area (TPSA) is 64.8 Å². The molecule has 0 saturated heterocycles. The molecule has 0 amide bonds. The van der Waals surface area contributed by atoms with Crippen LogP contribution in [-0.4, -0.2) is 36.6 Å². The van der Waals surface area contributed by atoms with Crippen LogP contribution < -0.4 is 9.47 Å². The summed E-state index contributed by atoms with van der Waals surface area (Å²) in [7, 11) is 3.26. The lowest BCUT2D eigenvalue weighted by Crippen LogP contribution is -2.31. The number of nitro groups is 1. The van der Waals surface area contributed by atoms with Crippen LogP contribution in [-0.2, 0) is 6.54 Å². The third-order valence-corrected chi connectivity index (χ3v) is 4.65. The van der Waals surface area contributed by atoms with Gasteiger partial charge in [-0.1, -0.05) is 25.7 Å². The van der Waals surface area contributed by atoms with Gasteiger partial charge in [-0.2, -0.15) is 8.78 Å². The van der Waals surface area contributed by atoms with E-state index >= 15 is 0 Å². The number of halogens is 2. The number of hydrogen-bond acceptors (Lipinski definition) is 5. The van der Waals surface area contributed by atoms with E-state index in [0.717, 1.165) is 31.7 Å². The number of nitro benzene ring substituents is 1. The van der Waals surface area contributed by atoms with E-state index in [1.54, 1.807) is 0 Å². The van der Waals surface area contributed by atoms with Crippen LogP contribution >= 0.6 is 0 Å². The molecule has 1 aromatic carbocycles. The summed E-state index contributed by atoms with van der Waals surface area (Å²) in [4.78, 5) is 12.9. The molecule has 8 heteroatoms. The molecule has 0 N–H and O–H groups in total. The SMILES string of the molecule is COc1cc(CN(C)C2CCCCCC2)c([N+](=O)[O-])cc1OC(F)F. The minimum Gasteiger partial charge on any atom is -0.493 e. The second-order valence-corrected chi connectivity index (χ2v) is 6.33. The first-order valence-corrected chi connectivity index (χ1v) is 8.42. The summed E-state index contributed by atoms with van der Waals surface area (Å²) in [6, 6.07) is 2.80. The van der Waals surface area contributed by atoms with Crippen LogP contribution in [0.3, 0.4) is 0 Å². The molecule has 0 atom stereocenters. The molecule has 0 spiro atoms. The predicted molar refractivity (Wildman–Crippen MR) is 89.2 cm³/mol. The molecule has 1 aliphatic carbocycles. The van der Waals surface area contributed by atoms with E-state index in [4.69, 9.17) is 4.74 Å². The van der Waals surface area contributed by atoms with Gasteiger partial charge in [-0.15, -0.1) is 0 Å². The van der Waals surface area contributed by atoms with Crippen LogP contribution in [0.25, 0.3) is 0 Å². The Morgan fingerprint density at radius 2 is 1.88 bits per heavy atom. The number of benzene rings is 1. The predicted octanol–water partition coefficient (Wildman–Crippen LogP) is 4.36. The number of alkyl halides is 2. The highest BCUT2D eigenvalue weighted by atomic mass is 19.3. The van der Waals surface area contributed by atoms with Crippen molar-refractivity contribution < 1.29 is 23.2 Å². The van der Waals surface area contributed by atoms with E-state index in [-0.39, 0.29) is 17.2 Å². The van der Waals surface area contributed by atoms with E-state index in [1.165, 1.54) is 26.0 Å². The summed E-state index contributed by atoms with van der Waals surface area (Å²) in [5.74, 6) is -0.264. The van der Waals surface area contributed by atoms with Gasteiger partial charge in [0.2, 0.25) is 0 Å². The molecule has 25 heavy (non-hydrogen) atoms. The number of hydrogen-bond donors (Lipinski definition) is 0. The Bertz CT molecular complexity index is 590. The monoisotopic (exact) mass is 358 g/mol. The van der Waals surface area contributed by atoms with Gasteiger partial charge < -0.3 is 9.47 Å². The van der Waals surface area contributed by atoms with Crippen LogP contribution in [0.4, 0.5) is 14.5 Å². The average Bonchev–Trinajstić information content (AvgIpc) is 2.84. The lowest BCUT2D eigenvalue weighted by molar-refractivity contribution is -0.385. The average molecular weight is 358 g/mol. The van der Waals surface area contributed by atoms with Gasteiger partial charge in [-0.05, 0) is 26.0 Å². The first kappa shape index (κ1) is 19.4. The van der Waals surface area contributed by atoms with Crippen LogP contribution in [0.5, 0.6) is 11.5 Å². The van der Waals surface area contributed by atoms with E-state index in [9.17, 15) is 18.9 Å². The maximum Gasteiger partial charge on any atom is 0.387 e. The molecule has 1 aromatic rings. The Morgan fingerprint density at radius 1 is 1.24 bits per heavy atom. The first-order valence-electron chi connectivity index (χ1n) is 8.42. The van der Waals surface area contributed by atoms with Crippen LogP contribution in [0.2, 0.25) is 0 Å². The molecule has 0 heterocycles. The van der Waals surface area contributed by atoms with Crippen LogP contribution in [0.1, 0.15) is 44.1 Å². The molecule has 140 valence electrons. The summed E-state index contributed by atoms with van der Waals surface area (Å²) in [6.07, 6.45) is 6.88. The Kier molecular flexibility index (Phi) is 6.92. The maximum absolute atomic E-state index is 12.5. The molecular formula is C17H24F2N2O4. The van der Waals surface area contributed by atoms with Gasteiger partial charge in [0.25, 0.3) is 5.69 Å². The standard InChI is InChI=1S/C17H24F2N2O4/c1-20(13-7-5-3-4-6-8-13)11-12-9-15(24-2)16(25-17(18)19)10-14(12)21(22)23/h9-10,13,17H,3-8,11H2,1-2H3. The zero-order valence-electron chi connectivity index (χ0n) is 14.5. The largest absolute Gasteiger partial charge is 0.493 e. The Hall–Kier alpha value is -1.96. The van der Waals surface area contributed by atoms with Gasteiger partial charge in [0.05, 0.1) is 18.1 Å². The summed E-state index contributed by atoms with van der Waals surface area (Å²) >= 11 is 0. The molecule has 1 fully saturated rings. The molecule has 1 aliphatic rings. The minimum atomic E-state index is -3.08. The minimum absolute atomic E-state index is 0.0650. The fourth-order valence-corrected chi connectivity index (χ4v) is 3.33. The maximum atomic E-state index is 12.5. The Balaban J connectivity index is 2.26. The number of rotatable bonds is 7. The van der Waals surface area contributed by atoms with E-state index in [1.807, 2.05) is 7.05 Å². The van der Waals surface area contributed by atoms with Crippen molar-refractivity contribution in [2.75, 3.05) is 14.2 Å². The molecular weight excluding hydrogens is 334 g/mol. The second kappa shape index (κ2) is 8.94. The van der Waals surface area contributed by atoms with Crippen molar-refractivity contribution in [1.82, 2.24) is 4.90 Å². The van der Waals surface area contributed by atoms with Gasteiger partial charge in [0.15, 0.2) is 11.5 Å². The zero-order valence-corrected chi connectivity index (χ0v) is 14.5. The van der Waals surface area contributed by atoms with Crippen LogP contribution in [0.15, 0.2) is 12.1 Å². The number of nitrogens with zero attached hydrogens (tertiary/aromatic N) is 2.